The van der Waals surface area contributed by atoms with Crippen LogP contribution in [-0.4, -0.2) is 5.91 Å². The van der Waals surface area contributed by atoms with Gasteiger partial charge in [0.25, 0.3) is 0 Å². The second-order valence-corrected chi connectivity index (χ2v) is 6.11. The molecule has 3 nitrogen and oxygen atoms in total. The molecule has 0 saturated carbocycles. The SMILES string of the molecule is Cc1sc(CNc2ccc(C(N)=O)cc2)cc1Br. The number of nitrogens with two attached hydrogens (primary N) is 1. The molecule has 0 aliphatic rings. The van der Waals surface area contributed by atoms with Gasteiger partial charge in [0.15, 0.2) is 0 Å². The Morgan fingerprint density at radius 1 is 1.39 bits per heavy atom. The summed E-state index contributed by atoms with van der Waals surface area (Å²) >= 11 is 5.26. The van der Waals surface area contributed by atoms with Gasteiger partial charge in [-0.15, -0.1) is 11.3 Å². The summed E-state index contributed by atoms with van der Waals surface area (Å²) in [5, 5.41) is 3.31. The Bertz CT molecular complexity index is 543. The van der Waals surface area contributed by atoms with Crippen molar-refractivity contribution >= 4 is 38.9 Å². The van der Waals surface area contributed by atoms with E-state index in [1.807, 2.05) is 12.1 Å². The molecule has 0 fully saturated rings. The van der Waals surface area contributed by atoms with E-state index in [1.54, 1.807) is 23.5 Å². The van der Waals surface area contributed by atoms with Crippen LogP contribution in [0.15, 0.2) is 34.8 Å². The van der Waals surface area contributed by atoms with Gasteiger partial charge in [0.2, 0.25) is 5.91 Å². The average Bonchev–Trinajstić information content (AvgIpc) is 2.67. The number of halogens is 1. The van der Waals surface area contributed by atoms with Crippen molar-refractivity contribution in [3.63, 3.8) is 0 Å². The van der Waals surface area contributed by atoms with Crippen LogP contribution in [0.25, 0.3) is 0 Å². The zero-order chi connectivity index (χ0) is 13.1. The molecule has 1 aromatic carbocycles. The molecule has 1 amide bonds. The molecule has 1 aromatic heterocycles. The molecule has 0 aliphatic heterocycles. The number of nitrogens with one attached hydrogen (secondary N) is 1. The fraction of sp³-hybridized carbons (Fsp3) is 0.154. The summed E-state index contributed by atoms with van der Waals surface area (Å²) in [4.78, 5) is 13.5. The molecule has 0 spiro atoms. The number of anilines is 1. The maximum absolute atomic E-state index is 10.9. The first-order chi connectivity index (χ1) is 8.56. The van der Waals surface area contributed by atoms with Crippen molar-refractivity contribution in [2.45, 2.75) is 13.5 Å². The van der Waals surface area contributed by atoms with Crippen molar-refractivity contribution < 1.29 is 4.79 Å². The first-order valence-electron chi connectivity index (χ1n) is 5.45. The number of hydrogen-bond donors (Lipinski definition) is 2. The van der Waals surface area contributed by atoms with Gasteiger partial charge in [-0.3, -0.25) is 4.79 Å². The summed E-state index contributed by atoms with van der Waals surface area (Å²) in [7, 11) is 0. The summed E-state index contributed by atoms with van der Waals surface area (Å²) in [6.45, 7) is 2.85. The third kappa shape index (κ3) is 3.11. The number of rotatable bonds is 4. The predicted molar refractivity (Wildman–Crippen MR) is 79.0 cm³/mol. The Morgan fingerprint density at radius 3 is 2.56 bits per heavy atom. The molecule has 1 heterocycles. The summed E-state index contributed by atoms with van der Waals surface area (Å²) in [6, 6.07) is 9.27. The molecule has 0 unspecified atom stereocenters. The zero-order valence-corrected chi connectivity index (χ0v) is 12.3. The molecule has 0 atom stereocenters. The standard InChI is InChI=1S/C13H13BrN2OS/c1-8-12(14)6-11(18-8)7-16-10-4-2-9(3-5-10)13(15)17/h2-6,16H,7H2,1H3,(H2,15,17). The van der Waals surface area contributed by atoms with Crippen LogP contribution >= 0.6 is 27.3 Å². The minimum atomic E-state index is -0.403. The van der Waals surface area contributed by atoms with Gasteiger partial charge in [-0.05, 0) is 53.2 Å². The molecule has 5 heteroatoms. The molecule has 2 aromatic rings. The summed E-state index contributed by atoms with van der Waals surface area (Å²) < 4.78 is 1.15. The van der Waals surface area contributed by atoms with E-state index in [2.05, 4.69) is 34.2 Å². The number of amides is 1. The number of carbonyl (C=O) groups excluding carboxylic acids is 1. The smallest absolute Gasteiger partial charge is 0.248 e. The maximum atomic E-state index is 10.9. The summed E-state index contributed by atoms with van der Waals surface area (Å²) in [5.41, 5.74) is 6.68. The zero-order valence-electron chi connectivity index (χ0n) is 9.87. The lowest BCUT2D eigenvalue weighted by Crippen LogP contribution is -2.10. The lowest BCUT2D eigenvalue weighted by Gasteiger charge is -2.05. The van der Waals surface area contributed by atoms with E-state index < -0.39 is 5.91 Å². The Kier molecular flexibility index (Phi) is 4.04. The molecule has 94 valence electrons. The first kappa shape index (κ1) is 13.1. The van der Waals surface area contributed by atoms with E-state index in [4.69, 9.17) is 5.73 Å². The van der Waals surface area contributed by atoms with Crippen LogP contribution in [0.2, 0.25) is 0 Å². The number of primary amides is 1. The minimum absolute atomic E-state index is 0.403. The topological polar surface area (TPSA) is 55.1 Å². The van der Waals surface area contributed by atoms with E-state index in [9.17, 15) is 4.79 Å². The molecule has 3 N–H and O–H groups in total. The highest BCUT2D eigenvalue weighted by Gasteiger charge is 2.03. The Hall–Kier alpha value is -1.33. The third-order valence-electron chi connectivity index (χ3n) is 2.54. The van der Waals surface area contributed by atoms with Gasteiger partial charge >= 0.3 is 0 Å². The van der Waals surface area contributed by atoms with Crippen molar-refractivity contribution in [3.8, 4) is 0 Å². The number of thiophene rings is 1. The second kappa shape index (κ2) is 5.54. The Labute approximate surface area is 118 Å². The van der Waals surface area contributed by atoms with Crippen molar-refractivity contribution in [1.82, 2.24) is 0 Å². The first-order valence-corrected chi connectivity index (χ1v) is 7.06. The molecule has 18 heavy (non-hydrogen) atoms. The van der Waals surface area contributed by atoms with Gasteiger partial charge in [-0.2, -0.15) is 0 Å². The lowest BCUT2D eigenvalue weighted by atomic mass is 10.2. The van der Waals surface area contributed by atoms with Crippen LogP contribution in [0.3, 0.4) is 0 Å². The molecule has 0 aliphatic carbocycles. The maximum Gasteiger partial charge on any atom is 0.248 e. The predicted octanol–water partition coefficient (Wildman–Crippen LogP) is 3.53. The molecule has 0 saturated heterocycles. The van der Waals surface area contributed by atoms with Crippen LogP contribution in [-0.2, 0) is 6.54 Å². The highest BCUT2D eigenvalue weighted by molar-refractivity contribution is 9.10. The molecule has 0 bridgehead atoms. The van der Waals surface area contributed by atoms with Crippen LogP contribution in [0, 0.1) is 6.92 Å². The second-order valence-electron chi connectivity index (χ2n) is 3.91. The van der Waals surface area contributed by atoms with Crippen LogP contribution in [0.1, 0.15) is 20.1 Å². The largest absolute Gasteiger partial charge is 0.380 e. The lowest BCUT2D eigenvalue weighted by molar-refractivity contribution is 0.100. The van der Waals surface area contributed by atoms with Crippen LogP contribution in [0.5, 0.6) is 0 Å². The Morgan fingerprint density at radius 2 is 2.06 bits per heavy atom. The number of benzene rings is 1. The third-order valence-corrected chi connectivity index (χ3v) is 4.68. The number of aryl methyl sites for hydroxylation is 1. The van der Waals surface area contributed by atoms with Crippen molar-refractivity contribution in [2.24, 2.45) is 5.73 Å². The molecule has 0 radical (unpaired) electrons. The van der Waals surface area contributed by atoms with E-state index in [0.717, 1.165) is 16.7 Å². The number of hydrogen-bond acceptors (Lipinski definition) is 3. The number of carbonyl (C=O) groups is 1. The van der Waals surface area contributed by atoms with Crippen molar-refractivity contribution in [2.75, 3.05) is 5.32 Å². The molecule has 2 rings (SSSR count). The summed E-state index contributed by atoms with van der Waals surface area (Å²) in [5.74, 6) is -0.403. The van der Waals surface area contributed by atoms with Crippen molar-refractivity contribution in [1.29, 1.82) is 0 Å². The monoisotopic (exact) mass is 324 g/mol. The van der Waals surface area contributed by atoms with Gasteiger partial charge in [-0.1, -0.05) is 0 Å². The van der Waals surface area contributed by atoms with E-state index in [1.165, 1.54) is 9.75 Å². The normalized spacial score (nSPS) is 10.3. The molecular weight excluding hydrogens is 312 g/mol. The highest BCUT2D eigenvalue weighted by atomic mass is 79.9. The summed E-state index contributed by atoms with van der Waals surface area (Å²) in [6.07, 6.45) is 0. The van der Waals surface area contributed by atoms with E-state index >= 15 is 0 Å². The minimum Gasteiger partial charge on any atom is -0.380 e. The fourth-order valence-corrected chi connectivity index (χ4v) is 3.09. The van der Waals surface area contributed by atoms with Gasteiger partial charge in [0.1, 0.15) is 0 Å². The van der Waals surface area contributed by atoms with Gasteiger partial charge in [0.05, 0.1) is 0 Å². The Balaban J connectivity index is 2.00. The van der Waals surface area contributed by atoms with Crippen molar-refractivity contribution in [3.05, 3.63) is 50.1 Å². The van der Waals surface area contributed by atoms with Gasteiger partial charge in [0, 0.05) is 32.0 Å². The van der Waals surface area contributed by atoms with E-state index in [-0.39, 0.29) is 0 Å². The van der Waals surface area contributed by atoms with Crippen LogP contribution in [0.4, 0.5) is 5.69 Å². The van der Waals surface area contributed by atoms with Gasteiger partial charge < -0.3 is 11.1 Å². The van der Waals surface area contributed by atoms with Crippen LogP contribution < -0.4 is 11.1 Å². The van der Waals surface area contributed by atoms with Gasteiger partial charge in [-0.25, -0.2) is 0 Å². The average molecular weight is 325 g/mol. The highest BCUT2D eigenvalue weighted by Crippen LogP contribution is 2.26. The fourth-order valence-electron chi connectivity index (χ4n) is 1.55. The quantitative estimate of drug-likeness (QED) is 0.903. The molecular formula is C13H13BrN2OS. The van der Waals surface area contributed by atoms with E-state index in [0.29, 0.717) is 5.56 Å².